The van der Waals surface area contributed by atoms with Gasteiger partial charge in [0.05, 0.1) is 13.2 Å². The Labute approximate surface area is 116 Å². The molecular weight excluding hydrogens is 280 g/mol. The lowest BCUT2D eigenvalue weighted by Crippen LogP contribution is -2.45. The first-order valence-electron chi connectivity index (χ1n) is 6.82. The highest BCUT2D eigenvalue weighted by Gasteiger charge is 2.30. The molecule has 1 heterocycles. The molecule has 0 amide bonds. The second-order valence-electron chi connectivity index (χ2n) is 6.20. The van der Waals surface area contributed by atoms with E-state index in [0.717, 1.165) is 26.2 Å². The molecule has 1 atom stereocenters. The topological polar surface area (TPSA) is 40.2 Å². The Morgan fingerprint density at radius 2 is 1.89 bits per heavy atom. The lowest BCUT2D eigenvalue weighted by Gasteiger charge is -2.31. The maximum absolute atomic E-state index is 6.14. The number of hydrogen-bond acceptors (Lipinski definition) is 4. The molecule has 4 nitrogen and oxygen atoms in total. The van der Waals surface area contributed by atoms with Crippen molar-refractivity contribution in [2.75, 3.05) is 19.8 Å². The van der Waals surface area contributed by atoms with Crippen molar-refractivity contribution in [1.29, 1.82) is 0 Å². The fourth-order valence-corrected chi connectivity index (χ4v) is 11.4. The molecule has 0 N–H and O–H groups in total. The van der Waals surface area contributed by atoms with Gasteiger partial charge >= 0.3 is 8.56 Å². The average molecular weight is 309 g/mol. The summed E-state index contributed by atoms with van der Waals surface area (Å²) in [5, 5.41) is 0. The summed E-state index contributed by atoms with van der Waals surface area (Å²) < 4.78 is 22.8. The van der Waals surface area contributed by atoms with Crippen LogP contribution in [0.1, 0.15) is 6.42 Å². The van der Waals surface area contributed by atoms with E-state index in [1.807, 2.05) is 0 Å². The summed E-state index contributed by atoms with van der Waals surface area (Å²) in [6.45, 7) is 13.5. The van der Waals surface area contributed by atoms with Gasteiger partial charge in [0.25, 0.3) is 0 Å². The van der Waals surface area contributed by atoms with Gasteiger partial charge in [-0.15, -0.1) is 0 Å². The third-order valence-electron chi connectivity index (χ3n) is 2.39. The van der Waals surface area contributed by atoms with Crippen molar-refractivity contribution >= 4 is 26.6 Å². The molecule has 1 aliphatic rings. The van der Waals surface area contributed by atoms with E-state index in [1.165, 1.54) is 6.04 Å². The maximum Gasteiger partial charge on any atom is 0.310 e. The molecule has 0 saturated carbocycles. The van der Waals surface area contributed by atoms with Crippen LogP contribution in [0.4, 0.5) is 0 Å². The summed E-state index contributed by atoms with van der Waals surface area (Å²) in [4.78, 5) is 0. The average Bonchev–Trinajstić information content (AvgIpc) is 2.96. The van der Waals surface area contributed by atoms with Crippen LogP contribution in [-0.2, 0) is 17.7 Å². The Bertz CT molecular complexity index is 239. The second kappa shape index (κ2) is 7.32. The number of epoxide rings is 1. The zero-order chi connectivity index (χ0) is 13.6. The van der Waals surface area contributed by atoms with Crippen molar-refractivity contribution in [3.05, 3.63) is 0 Å². The molecule has 0 spiro atoms. The summed E-state index contributed by atoms with van der Waals surface area (Å²) in [7, 11) is -3.76. The highest BCUT2D eigenvalue weighted by atomic mass is 28.5. The van der Waals surface area contributed by atoms with Crippen molar-refractivity contribution < 1.29 is 17.7 Å². The largest absolute Gasteiger partial charge is 0.442 e. The minimum atomic E-state index is -1.85. The maximum atomic E-state index is 6.14. The predicted molar refractivity (Wildman–Crippen MR) is 81.5 cm³/mol. The summed E-state index contributed by atoms with van der Waals surface area (Å²) in [5.41, 5.74) is 0. The normalized spacial score (nSPS) is 20.8. The third kappa shape index (κ3) is 9.42. The van der Waals surface area contributed by atoms with E-state index in [2.05, 4.69) is 32.7 Å². The van der Waals surface area contributed by atoms with Crippen LogP contribution in [0.15, 0.2) is 0 Å². The Hall–Kier alpha value is 0.491. The Balaban J connectivity index is 1.94. The van der Waals surface area contributed by atoms with Crippen LogP contribution in [0.25, 0.3) is 0 Å². The molecule has 0 radical (unpaired) electrons. The third-order valence-corrected chi connectivity index (χ3v) is 11.2. The molecule has 7 heteroatoms. The van der Waals surface area contributed by atoms with Gasteiger partial charge in [-0.25, -0.2) is 0 Å². The summed E-state index contributed by atoms with van der Waals surface area (Å²) in [5.74, 6) is 0. The van der Waals surface area contributed by atoms with Gasteiger partial charge in [0.2, 0.25) is 0 Å². The first-order chi connectivity index (χ1) is 8.29. The van der Waals surface area contributed by atoms with Gasteiger partial charge in [0.1, 0.15) is 15.9 Å². The molecule has 1 saturated heterocycles. The molecule has 0 aromatic heterocycles. The van der Waals surface area contributed by atoms with Crippen molar-refractivity contribution in [1.82, 2.24) is 0 Å². The van der Waals surface area contributed by atoms with Crippen LogP contribution in [0.2, 0.25) is 38.8 Å². The first kappa shape index (κ1) is 16.5. The van der Waals surface area contributed by atoms with Crippen LogP contribution in [0, 0.1) is 0 Å². The predicted octanol–water partition coefficient (Wildman–Crippen LogP) is 1.86. The molecule has 0 bridgehead atoms. The molecule has 108 valence electrons. The molecule has 1 aliphatic heterocycles. The lowest BCUT2D eigenvalue weighted by molar-refractivity contribution is 0.117. The second-order valence-corrected chi connectivity index (χ2v) is 16.3. The van der Waals surface area contributed by atoms with Gasteiger partial charge < -0.3 is 17.7 Å². The molecule has 0 aliphatic carbocycles. The van der Waals surface area contributed by atoms with E-state index >= 15 is 0 Å². The van der Waals surface area contributed by atoms with Gasteiger partial charge in [-0.3, -0.25) is 0 Å². The SMILES string of the molecule is C[Si](C)(C)O[Si](C)(C)O[SiH2]CCCOCC1CO1. The van der Waals surface area contributed by atoms with E-state index in [1.54, 1.807) is 0 Å². The fourth-order valence-electron chi connectivity index (χ4n) is 1.77. The van der Waals surface area contributed by atoms with E-state index in [0.29, 0.717) is 6.10 Å². The molecule has 0 aromatic rings. The molecule has 0 aromatic carbocycles. The molecule has 1 fully saturated rings. The van der Waals surface area contributed by atoms with E-state index < -0.39 is 26.6 Å². The first-order valence-corrected chi connectivity index (χ1v) is 14.6. The summed E-state index contributed by atoms with van der Waals surface area (Å²) in [6, 6.07) is 1.18. The zero-order valence-corrected chi connectivity index (χ0v) is 15.9. The van der Waals surface area contributed by atoms with Crippen LogP contribution in [0.3, 0.4) is 0 Å². The van der Waals surface area contributed by atoms with Gasteiger partial charge in [0, 0.05) is 6.61 Å². The van der Waals surface area contributed by atoms with Crippen molar-refractivity contribution in [2.45, 2.75) is 51.3 Å². The van der Waals surface area contributed by atoms with Gasteiger partial charge in [-0.2, -0.15) is 0 Å². The minimum Gasteiger partial charge on any atom is -0.442 e. The van der Waals surface area contributed by atoms with E-state index in [9.17, 15) is 0 Å². The Kier molecular flexibility index (Phi) is 6.73. The summed E-state index contributed by atoms with van der Waals surface area (Å²) >= 11 is 0. The minimum absolute atomic E-state index is 0.384. The molecule has 18 heavy (non-hydrogen) atoms. The van der Waals surface area contributed by atoms with Crippen molar-refractivity contribution in [3.8, 4) is 0 Å². The van der Waals surface area contributed by atoms with Crippen LogP contribution >= 0.6 is 0 Å². The van der Waals surface area contributed by atoms with Crippen LogP contribution < -0.4 is 0 Å². The van der Waals surface area contributed by atoms with E-state index in [4.69, 9.17) is 17.7 Å². The number of ether oxygens (including phenoxy) is 2. The highest BCUT2D eigenvalue weighted by molar-refractivity contribution is 6.82. The molecule has 1 unspecified atom stereocenters. The molecular formula is C11H28O4Si3. The van der Waals surface area contributed by atoms with Crippen LogP contribution in [0.5, 0.6) is 0 Å². The monoisotopic (exact) mass is 308 g/mol. The standard InChI is InChI=1S/C11H28O4Si3/c1-17(2,3)15-18(4,5)14-16-8-6-7-12-9-11-10-13-11/h11H,6-10,16H2,1-5H3. The summed E-state index contributed by atoms with van der Waals surface area (Å²) in [6.07, 6.45) is 1.49. The van der Waals surface area contributed by atoms with Gasteiger partial charge in [-0.1, -0.05) is 0 Å². The molecule has 1 rings (SSSR count). The van der Waals surface area contributed by atoms with E-state index in [-0.39, 0.29) is 0 Å². The van der Waals surface area contributed by atoms with Gasteiger partial charge in [-0.05, 0) is 45.2 Å². The Morgan fingerprint density at radius 3 is 2.44 bits per heavy atom. The Morgan fingerprint density at radius 1 is 1.22 bits per heavy atom. The smallest absolute Gasteiger partial charge is 0.310 e. The quantitative estimate of drug-likeness (QED) is 0.351. The fraction of sp³-hybridized carbons (Fsp3) is 1.00. The van der Waals surface area contributed by atoms with Crippen molar-refractivity contribution in [2.24, 2.45) is 0 Å². The number of rotatable bonds is 10. The van der Waals surface area contributed by atoms with Gasteiger partial charge in [0.15, 0.2) is 8.32 Å². The highest BCUT2D eigenvalue weighted by Crippen LogP contribution is 2.15. The van der Waals surface area contributed by atoms with Crippen LogP contribution in [-0.4, -0.2) is 52.6 Å². The van der Waals surface area contributed by atoms with Crippen molar-refractivity contribution in [3.63, 3.8) is 0 Å². The zero-order valence-electron chi connectivity index (χ0n) is 12.5. The lowest BCUT2D eigenvalue weighted by atomic mass is 10.5. The number of hydrogen-bond donors (Lipinski definition) is 0.